The van der Waals surface area contributed by atoms with E-state index >= 15 is 0 Å². The Morgan fingerprint density at radius 1 is 1.15 bits per heavy atom. The molecule has 20 heavy (non-hydrogen) atoms. The normalized spacial score (nSPS) is 11.2. The molecule has 0 aliphatic carbocycles. The van der Waals surface area contributed by atoms with E-state index in [-0.39, 0.29) is 11.8 Å². The number of halogens is 4. The van der Waals surface area contributed by atoms with Crippen LogP contribution in [0.3, 0.4) is 0 Å². The first-order chi connectivity index (χ1) is 9.40. The molecule has 0 unspecified atom stereocenters. The number of hydrogen-bond donors (Lipinski definition) is 2. The van der Waals surface area contributed by atoms with Gasteiger partial charge in [-0.25, -0.2) is 4.98 Å². The Hall–Kier alpha value is -1.58. The average Bonchev–Trinajstić information content (AvgIpc) is 2.40. The molecule has 0 saturated carbocycles. The fourth-order valence-electron chi connectivity index (χ4n) is 1.47. The van der Waals surface area contributed by atoms with Crippen molar-refractivity contribution in [3.05, 3.63) is 39.6 Å². The van der Waals surface area contributed by atoms with E-state index in [0.717, 1.165) is 9.64 Å². The van der Waals surface area contributed by atoms with Crippen LogP contribution < -0.4 is 10.6 Å². The van der Waals surface area contributed by atoms with Crippen molar-refractivity contribution in [1.82, 2.24) is 9.97 Å². The minimum absolute atomic E-state index is 0.0841. The summed E-state index contributed by atoms with van der Waals surface area (Å²) in [4.78, 5) is 7.36. The lowest BCUT2D eigenvalue weighted by Crippen LogP contribution is -2.12. The highest BCUT2D eigenvalue weighted by Gasteiger charge is 2.33. The number of rotatable bonds is 3. The van der Waals surface area contributed by atoms with E-state index in [1.165, 1.54) is 7.05 Å². The highest BCUT2D eigenvalue weighted by Crippen LogP contribution is 2.30. The molecule has 0 fully saturated rings. The van der Waals surface area contributed by atoms with Crippen molar-refractivity contribution < 1.29 is 13.2 Å². The second-order valence-corrected chi connectivity index (χ2v) is 4.98. The van der Waals surface area contributed by atoms with Gasteiger partial charge in [-0.1, -0.05) is 12.1 Å². The number of anilines is 3. The fraction of sp³-hybridized carbons (Fsp3) is 0.167. The molecule has 0 radical (unpaired) electrons. The third kappa shape index (κ3) is 3.50. The van der Waals surface area contributed by atoms with Crippen molar-refractivity contribution in [1.29, 1.82) is 0 Å². The minimum Gasteiger partial charge on any atom is -0.357 e. The molecule has 1 aromatic heterocycles. The summed E-state index contributed by atoms with van der Waals surface area (Å²) in [5.74, 6) is -0.00550. The van der Waals surface area contributed by atoms with E-state index in [1.807, 2.05) is 12.1 Å². The van der Waals surface area contributed by atoms with E-state index in [2.05, 4.69) is 43.2 Å². The van der Waals surface area contributed by atoms with Crippen LogP contribution in [0.2, 0.25) is 0 Å². The van der Waals surface area contributed by atoms with Crippen LogP contribution in [0.1, 0.15) is 5.69 Å². The highest BCUT2D eigenvalue weighted by molar-refractivity contribution is 14.1. The average molecular weight is 394 g/mol. The molecule has 0 saturated heterocycles. The fourth-order valence-corrected chi connectivity index (χ4v) is 1.99. The molecule has 2 aromatic rings. The van der Waals surface area contributed by atoms with E-state index in [1.54, 1.807) is 12.1 Å². The molecule has 1 heterocycles. The summed E-state index contributed by atoms with van der Waals surface area (Å²) in [5, 5.41) is 5.38. The molecule has 1 aromatic carbocycles. The maximum Gasteiger partial charge on any atom is 0.433 e. The van der Waals surface area contributed by atoms with Crippen LogP contribution >= 0.6 is 22.6 Å². The molecule has 0 amide bonds. The number of aromatic nitrogens is 2. The van der Waals surface area contributed by atoms with E-state index in [0.29, 0.717) is 5.69 Å². The third-order valence-corrected chi connectivity index (χ3v) is 3.32. The van der Waals surface area contributed by atoms with Crippen molar-refractivity contribution in [3.8, 4) is 0 Å². The third-order valence-electron chi connectivity index (χ3n) is 2.38. The molecular weight excluding hydrogens is 384 g/mol. The standard InChI is InChI=1S/C12H10F3IN4/c1-17-11-19-9(12(13,14)15)6-10(20-11)18-8-5-3-2-4-7(8)16/h2-6H,1H3,(H2,17,18,19,20). The molecule has 2 rings (SSSR count). The minimum atomic E-state index is -4.52. The summed E-state index contributed by atoms with van der Waals surface area (Å²) in [6, 6.07) is 8.11. The van der Waals surface area contributed by atoms with E-state index < -0.39 is 11.9 Å². The Balaban J connectivity index is 2.39. The molecule has 106 valence electrons. The van der Waals surface area contributed by atoms with E-state index in [9.17, 15) is 13.2 Å². The van der Waals surface area contributed by atoms with Gasteiger partial charge >= 0.3 is 6.18 Å². The molecule has 8 heteroatoms. The first kappa shape index (κ1) is 14.8. The molecular formula is C12H10F3IN4. The van der Waals surface area contributed by atoms with E-state index in [4.69, 9.17) is 0 Å². The van der Waals surface area contributed by atoms with Gasteiger partial charge < -0.3 is 10.6 Å². The predicted octanol–water partition coefficient (Wildman–Crippen LogP) is 3.89. The van der Waals surface area contributed by atoms with Crippen LogP contribution in [0.15, 0.2) is 30.3 Å². The quantitative estimate of drug-likeness (QED) is 0.776. The van der Waals surface area contributed by atoms with Crippen molar-refractivity contribution in [3.63, 3.8) is 0 Å². The number of nitrogens with zero attached hydrogens (tertiary/aromatic N) is 2. The first-order valence-corrected chi connectivity index (χ1v) is 6.63. The smallest absolute Gasteiger partial charge is 0.357 e. The van der Waals surface area contributed by atoms with Crippen molar-refractivity contribution in [2.24, 2.45) is 0 Å². The summed E-state index contributed by atoms with van der Waals surface area (Å²) in [7, 11) is 1.46. The van der Waals surface area contributed by atoms with Gasteiger partial charge in [-0.3, -0.25) is 0 Å². The number of benzene rings is 1. The first-order valence-electron chi connectivity index (χ1n) is 5.56. The second-order valence-electron chi connectivity index (χ2n) is 3.81. The Kier molecular flexibility index (Phi) is 4.31. The van der Waals surface area contributed by atoms with Gasteiger partial charge in [0, 0.05) is 16.7 Å². The van der Waals surface area contributed by atoms with Gasteiger partial charge in [-0.05, 0) is 34.7 Å². The summed E-state index contributed by atoms with van der Waals surface area (Å²) in [6.45, 7) is 0. The summed E-state index contributed by atoms with van der Waals surface area (Å²) in [5.41, 5.74) is -0.313. The van der Waals surface area contributed by atoms with Crippen LogP contribution in [-0.2, 0) is 6.18 Å². The SMILES string of the molecule is CNc1nc(Nc2ccccc2I)cc(C(F)(F)F)n1. The summed E-state index contributed by atoms with van der Waals surface area (Å²) < 4.78 is 39.1. The van der Waals surface area contributed by atoms with Crippen molar-refractivity contribution in [2.75, 3.05) is 17.7 Å². The lowest BCUT2D eigenvalue weighted by atomic mass is 10.3. The molecule has 0 atom stereocenters. The van der Waals surface area contributed by atoms with Gasteiger partial charge in [0.1, 0.15) is 5.82 Å². The zero-order chi connectivity index (χ0) is 14.8. The molecule has 0 aliphatic rings. The predicted molar refractivity (Wildman–Crippen MR) is 79.0 cm³/mol. The van der Waals surface area contributed by atoms with Crippen LogP contribution in [-0.4, -0.2) is 17.0 Å². The maximum absolute atomic E-state index is 12.8. The van der Waals surface area contributed by atoms with Gasteiger partial charge in [0.05, 0.1) is 5.69 Å². The Morgan fingerprint density at radius 3 is 2.45 bits per heavy atom. The lowest BCUT2D eigenvalue weighted by molar-refractivity contribution is -0.141. The lowest BCUT2D eigenvalue weighted by Gasteiger charge is -2.12. The van der Waals surface area contributed by atoms with Gasteiger partial charge in [0.25, 0.3) is 0 Å². The van der Waals surface area contributed by atoms with Gasteiger partial charge in [-0.2, -0.15) is 18.2 Å². The molecule has 0 spiro atoms. The highest BCUT2D eigenvalue weighted by atomic mass is 127. The molecule has 2 N–H and O–H groups in total. The van der Waals surface area contributed by atoms with Crippen molar-refractivity contribution in [2.45, 2.75) is 6.18 Å². The van der Waals surface area contributed by atoms with Gasteiger partial charge in [-0.15, -0.1) is 0 Å². The topological polar surface area (TPSA) is 49.8 Å². The van der Waals surface area contributed by atoms with Crippen molar-refractivity contribution >= 4 is 40.0 Å². The van der Waals surface area contributed by atoms with Crippen LogP contribution in [0.5, 0.6) is 0 Å². The second kappa shape index (κ2) is 5.81. The number of hydrogen-bond acceptors (Lipinski definition) is 4. The molecule has 4 nitrogen and oxygen atoms in total. The largest absolute Gasteiger partial charge is 0.433 e. The number of nitrogens with one attached hydrogen (secondary N) is 2. The molecule has 0 aliphatic heterocycles. The number of para-hydroxylation sites is 1. The van der Waals surface area contributed by atoms with Crippen LogP contribution in [0.4, 0.5) is 30.6 Å². The molecule has 0 bridgehead atoms. The summed E-state index contributed by atoms with van der Waals surface area (Å²) >= 11 is 2.09. The maximum atomic E-state index is 12.8. The van der Waals surface area contributed by atoms with Gasteiger partial charge in [0.15, 0.2) is 5.69 Å². The van der Waals surface area contributed by atoms with Crippen LogP contribution in [0, 0.1) is 3.57 Å². The number of alkyl halides is 3. The Morgan fingerprint density at radius 2 is 1.85 bits per heavy atom. The van der Waals surface area contributed by atoms with Crippen LogP contribution in [0.25, 0.3) is 0 Å². The Bertz CT molecular complexity index is 616. The Labute approximate surface area is 127 Å². The van der Waals surface area contributed by atoms with Gasteiger partial charge in [0.2, 0.25) is 5.95 Å². The monoisotopic (exact) mass is 394 g/mol. The zero-order valence-electron chi connectivity index (χ0n) is 10.3. The summed E-state index contributed by atoms with van der Waals surface area (Å²) in [6.07, 6.45) is -4.52. The zero-order valence-corrected chi connectivity index (χ0v) is 12.5.